The molecule has 0 aromatic rings. The van der Waals surface area contributed by atoms with Gasteiger partial charge < -0.3 is 18.9 Å². The molecular weight excluding hydrogens is 193 g/mol. The number of rotatable bonds is 4. The predicted molar refractivity (Wildman–Crippen MR) is 60.6 cm³/mol. The van der Waals surface area contributed by atoms with Crippen LogP contribution in [0.3, 0.4) is 0 Å². The molecule has 0 radical (unpaired) electrons. The fourth-order valence-electron chi connectivity index (χ4n) is 1.19. The summed E-state index contributed by atoms with van der Waals surface area (Å²) in [6.07, 6.45) is 0. The van der Waals surface area contributed by atoms with Crippen LogP contribution in [-0.2, 0) is 14.0 Å². The first-order chi connectivity index (χ1) is 6.74. The van der Waals surface area contributed by atoms with Gasteiger partial charge in [0.1, 0.15) is 0 Å². The van der Waals surface area contributed by atoms with Crippen molar-refractivity contribution in [2.24, 2.45) is 0 Å². The third-order valence-electron chi connectivity index (χ3n) is 3.02. The summed E-state index contributed by atoms with van der Waals surface area (Å²) in [5, 5.41) is 0. The van der Waals surface area contributed by atoms with E-state index in [0.29, 0.717) is 6.61 Å². The van der Waals surface area contributed by atoms with Gasteiger partial charge in [0.15, 0.2) is 0 Å². The quantitative estimate of drug-likeness (QED) is 0.658. The Hall–Kier alpha value is -0.0951. The van der Waals surface area contributed by atoms with Crippen LogP contribution in [0.25, 0.3) is 0 Å². The molecule has 0 amide bonds. The number of nitrogens with zero attached hydrogens (tertiary/aromatic N) is 1. The van der Waals surface area contributed by atoms with E-state index in [0.717, 1.165) is 6.54 Å². The van der Waals surface area contributed by atoms with E-state index in [4.69, 9.17) is 14.0 Å². The molecule has 0 aromatic carbocycles. The molecule has 0 saturated carbocycles. The highest BCUT2D eigenvalue weighted by molar-refractivity contribution is 6.37. The Kier molecular flexibility index (Phi) is 3.82. The normalized spacial score (nSPS) is 23.8. The van der Waals surface area contributed by atoms with E-state index in [9.17, 15) is 0 Å². The van der Waals surface area contributed by atoms with Crippen LogP contribution in [0.4, 0.5) is 0 Å². The van der Waals surface area contributed by atoms with E-state index in [-0.39, 0.29) is 11.2 Å². The van der Waals surface area contributed by atoms with Gasteiger partial charge in [-0.05, 0) is 41.8 Å². The molecule has 0 aromatic heterocycles. The third kappa shape index (κ3) is 3.18. The van der Waals surface area contributed by atoms with Crippen molar-refractivity contribution in [2.45, 2.75) is 38.9 Å². The van der Waals surface area contributed by atoms with Crippen molar-refractivity contribution in [3.05, 3.63) is 0 Å². The summed E-state index contributed by atoms with van der Waals surface area (Å²) in [4.78, 5) is 2.06. The van der Waals surface area contributed by atoms with E-state index in [1.165, 1.54) is 0 Å². The van der Waals surface area contributed by atoms with E-state index in [1.807, 2.05) is 41.8 Å². The lowest BCUT2D eigenvalue weighted by Gasteiger charge is -2.31. The zero-order valence-electron chi connectivity index (χ0n) is 10.7. The zero-order chi connectivity index (χ0) is 11.7. The molecule has 1 saturated heterocycles. The lowest BCUT2D eigenvalue weighted by molar-refractivity contribution is 0.00578. The molecule has 1 fully saturated rings. The first-order valence-corrected chi connectivity index (χ1v) is 5.36. The summed E-state index contributed by atoms with van der Waals surface area (Å²) in [5.41, 5.74) is -0.619. The maximum absolute atomic E-state index is 5.68. The molecule has 1 heterocycles. The Balaban J connectivity index is 2.36. The van der Waals surface area contributed by atoms with E-state index < -0.39 is 7.32 Å². The Bertz CT molecular complexity index is 203. The molecule has 88 valence electrons. The lowest BCUT2D eigenvalue weighted by Crippen LogP contribution is -2.41. The van der Waals surface area contributed by atoms with E-state index in [1.54, 1.807) is 0 Å². The monoisotopic (exact) mass is 215 g/mol. The maximum Gasteiger partial charge on any atom is 0.640 e. The van der Waals surface area contributed by atoms with Crippen LogP contribution in [0.1, 0.15) is 27.7 Å². The number of hydrogen-bond acceptors (Lipinski definition) is 4. The Morgan fingerprint density at radius 1 is 1.07 bits per heavy atom. The molecule has 5 heteroatoms. The van der Waals surface area contributed by atoms with Gasteiger partial charge in [0.05, 0.1) is 11.2 Å². The summed E-state index contributed by atoms with van der Waals surface area (Å²) in [6.45, 7) is 9.54. The van der Waals surface area contributed by atoms with Gasteiger partial charge >= 0.3 is 7.32 Å². The second-order valence-corrected chi connectivity index (χ2v) is 5.22. The minimum absolute atomic E-state index is 0.310. The molecular formula is C10H22BNO3. The minimum Gasteiger partial charge on any atom is -0.385 e. The topological polar surface area (TPSA) is 30.9 Å². The lowest BCUT2D eigenvalue weighted by atomic mass is 9.90. The van der Waals surface area contributed by atoms with Crippen LogP contribution < -0.4 is 0 Å². The molecule has 0 bridgehead atoms. The second kappa shape index (κ2) is 4.41. The van der Waals surface area contributed by atoms with Crippen LogP contribution in [0.2, 0.25) is 0 Å². The highest BCUT2D eigenvalue weighted by Crippen LogP contribution is 2.36. The Morgan fingerprint density at radius 3 is 1.93 bits per heavy atom. The van der Waals surface area contributed by atoms with Gasteiger partial charge in [0.2, 0.25) is 0 Å². The van der Waals surface area contributed by atoms with Crippen molar-refractivity contribution < 1.29 is 14.0 Å². The first-order valence-electron chi connectivity index (χ1n) is 5.36. The highest BCUT2D eigenvalue weighted by Gasteiger charge is 2.52. The summed E-state index contributed by atoms with van der Waals surface area (Å²) < 4.78 is 16.9. The van der Waals surface area contributed by atoms with Crippen LogP contribution in [0.15, 0.2) is 0 Å². The molecule has 0 aliphatic carbocycles. The van der Waals surface area contributed by atoms with Crippen molar-refractivity contribution >= 4 is 7.32 Å². The van der Waals surface area contributed by atoms with Crippen LogP contribution in [0, 0.1) is 0 Å². The Morgan fingerprint density at radius 2 is 1.53 bits per heavy atom. The van der Waals surface area contributed by atoms with Crippen molar-refractivity contribution in [2.75, 3.05) is 27.2 Å². The van der Waals surface area contributed by atoms with Crippen molar-refractivity contribution in [1.82, 2.24) is 4.90 Å². The van der Waals surface area contributed by atoms with Gasteiger partial charge in [-0.25, -0.2) is 0 Å². The van der Waals surface area contributed by atoms with Crippen LogP contribution in [-0.4, -0.2) is 50.7 Å². The van der Waals surface area contributed by atoms with Gasteiger partial charge in [-0.3, -0.25) is 0 Å². The minimum atomic E-state index is -0.532. The fraction of sp³-hybridized carbons (Fsp3) is 1.00. The highest BCUT2D eigenvalue weighted by atomic mass is 16.8. The molecule has 0 unspecified atom stereocenters. The van der Waals surface area contributed by atoms with Crippen molar-refractivity contribution in [1.29, 1.82) is 0 Å². The molecule has 1 aliphatic heterocycles. The Labute approximate surface area is 93.0 Å². The van der Waals surface area contributed by atoms with Crippen LogP contribution in [0.5, 0.6) is 0 Å². The van der Waals surface area contributed by atoms with Crippen molar-refractivity contribution in [3.63, 3.8) is 0 Å². The smallest absolute Gasteiger partial charge is 0.385 e. The third-order valence-corrected chi connectivity index (χ3v) is 3.02. The average Bonchev–Trinajstić information content (AvgIpc) is 2.19. The van der Waals surface area contributed by atoms with Gasteiger partial charge in [-0.15, -0.1) is 0 Å². The molecule has 1 aliphatic rings. The summed E-state index contributed by atoms with van der Waals surface area (Å²) >= 11 is 0. The largest absolute Gasteiger partial charge is 0.640 e. The molecule has 0 spiro atoms. The summed E-state index contributed by atoms with van der Waals surface area (Å²) in [7, 11) is 3.48. The van der Waals surface area contributed by atoms with Gasteiger partial charge in [-0.1, -0.05) is 0 Å². The first kappa shape index (κ1) is 13.0. The second-order valence-electron chi connectivity index (χ2n) is 5.22. The van der Waals surface area contributed by atoms with E-state index in [2.05, 4.69) is 4.90 Å². The molecule has 0 N–H and O–H groups in total. The molecule has 15 heavy (non-hydrogen) atoms. The predicted octanol–water partition coefficient (Wildman–Crippen LogP) is 1.15. The molecule has 1 rings (SSSR count). The SMILES string of the molecule is CN(C)CCOB1OC(C)(C)C(C)(C)O1. The van der Waals surface area contributed by atoms with Crippen LogP contribution >= 0.6 is 0 Å². The fourth-order valence-corrected chi connectivity index (χ4v) is 1.19. The van der Waals surface area contributed by atoms with E-state index >= 15 is 0 Å². The van der Waals surface area contributed by atoms with Gasteiger partial charge in [-0.2, -0.15) is 0 Å². The molecule has 0 atom stereocenters. The average molecular weight is 215 g/mol. The standard InChI is InChI=1S/C10H22BNO3/c1-9(2)10(3,4)15-11(14-9)13-8-7-12(5)6/h7-8H2,1-6H3. The summed E-state index contributed by atoms with van der Waals surface area (Å²) in [5.74, 6) is 0. The number of likely N-dealkylation sites (N-methyl/N-ethyl adjacent to an activating group) is 1. The summed E-state index contributed by atoms with van der Waals surface area (Å²) in [6, 6.07) is 0. The molecule has 4 nitrogen and oxygen atoms in total. The van der Waals surface area contributed by atoms with Gasteiger partial charge in [0, 0.05) is 13.2 Å². The number of hydrogen-bond donors (Lipinski definition) is 0. The zero-order valence-corrected chi connectivity index (χ0v) is 10.7. The van der Waals surface area contributed by atoms with Crippen molar-refractivity contribution in [3.8, 4) is 0 Å². The van der Waals surface area contributed by atoms with Gasteiger partial charge in [0.25, 0.3) is 0 Å². The maximum atomic E-state index is 5.68.